The van der Waals surface area contributed by atoms with E-state index in [1.807, 2.05) is 72.8 Å². The molecule has 0 N–H and O–H groups in total. The van der Waals surface area contributed by atoms with Crippen LogP contribution in [0.15, 0.2) is 78.9 Å². The lowest BCUT2D eigenvalue weighted by Crippen LogP contribution is -2.50. The van der Waals surface area contributed by atoms with E-state index in [9.17, 15) is 9.59 Å². The van der Waals surface area contributed by atoms with Crippen molar-refractivity contribution in [2.24, 2.45) is 5.41 Å². The summed E-state index contributed by atoms with van der Waals surface area (Å²) in [5.74, 6) is -0.653. The van der Waals surface area contributed by atoms with Crippen LogP contribution in [0, 0.1) is 5.41 Å². The molecule has 0 amide bonds. The lowest BCUT2D eigenvalue weighted by atomic mass is 9.70. The highest BCUT2D eigenvalue weighted by Gasteiger charge is 2.64. The first kappa shape index (κ1) is 27.2. The van der Waals surface area contributed by atoms with E-state index in [2.05, 4.69) is 0 Å². The highest BCUT2D eigenvalue weighted by atomic mass is 16.6. The largest absolute Gasteiger partial charge is 0.493 e. The third-order valence-electron chi connectivity index (χ3n) is 6.98. The molecule has 0 bridgehead atoms. The molecule has 3 aromatic carbocycles. The Morgan fingerprint density at radius 1 is 0.816 bits per heavy atom. The SMILES string of the molecule is CCOC(=O)C1(C(=O)OCC)C[C@H](c2ccc(OC)c(OC)c2)O[C@@H]1C(c1ccccc1)c1ccccc1. The standard InChI is InChI=1S/C31H34O7/c1-5-36-29(32)31(30(33)37-6-2)20-26(23-17-18-24(34-3)25(19-23)35-4)38-28(31)27(21-13-9-7-10-14-21)22-15-11-8-12-16-22/h7-19,26-28H,5-6,20H2,1-4H3/t26-,28-/m1/s1. The number of carbonyl (C=O) groups excluding carboxylic acids is 2. The van der Waals surface area contributed by atoms with Crippen LogP contribution in [0.25, 0.3) is 0 Å². The summed E-state index contributed by atoms with van der Waals surface area (Å²) in [6.45, 7) is 3.68. The number of carbonyl (C=O) groups is 2. The Kier molecular flexibility index (Phi) is 8.69. The van der Waals surface area contributed by atoms with Gasteiger partial charge in [-0.2, -0.15) is 0 Å². The molecule has 7 nitrogen and oxygen atoms in total. The van der Waals surface area contributed by atoms with Gasteiger partial charge in [-0.15, -0.1) is 0 Å². The molecule has 0 radical (unpaired) electrons. The Balaban J connectivity index is 1.92. The molecular weight excluding hydrogens is 484 g/mol. The number of hydrogen-bond acceptors (Lipinski definition) is 7. The summed E-state index contributed by atoms with van der Waals surface area (Å²) in [4.78, 5) is 27.6. The van der Waals surface area contributed by atoms with Gasteiger partial charge in [-0.3, -0.25) is 9.59 Å². The fourth-order valence-corrected chi connectivity index (χ4v) is 5.23. The van der Waals surface area contributed by atoms with Gasteiger partial charge >= 0.3 is 11.9 Å². The Labute approximate surface area is 223 Å². The fraction of sp³-hybridized carbons (Fsp3) is 0.355. The van der Waals surface area contributed by atoms with Crippen LogP contribution in [0.5, 0.6) is 11.5 Å². The number of esters is 2. The zero-order valence-electron chi connectivity index (χ0n) is 22.2. The summed E-state index contributed by atoms with van der Waals surface area (Å²) in [5, 5.41) is 0. The van der Waals surface area contributed by atoms with E-state index in [0.717, 1.165) is 16.7 Å². The first-order valence-corrected chi connectivity index (χ1v) is 12.8. The minimum Gasteiger partial charge on any atom is -0.493 e. The first-order chi connectivity index (χ1) is 18.5. The summed E-state index contributed by atoms with van der Waals surface area (Å²) < 4.78 is 28.8. The van der Waals surface area contributed by atoms with E-state index in [1.54, 1.807) is 34.1 Å². The zero-order chi connectivity index (χ0) is 27.1. The fourth-order valence-electron chi connectivity index (χ4n) is 5.23. The van der Waals surface area contributed by atoms with Crippen LogP contribution < -0.4 is 9.47 Å². The van der Waals surface area contributed by atoms with Crippen molar-refractivity contribution >= 4 is 11.9 Å². The van der Waals surface area contributed by atoms with Crippen molar-refractivity contribution in [2.45, 2.75) is 38.4 Å². The molecule has 1 saturated heterocycles. The van der Waals surface area contributed by atoms with Crippen molar-refractivity contribution in [2.75, 3.05) is 27.4 Å². The molecule has 1 aliphatic rings. The zero-order valence-corrected chi connectivity index (χ0v) is 22.2. The molecule has 0 unspecified atom stereocenters. The Morgan fingerprint density at radius 2 is 1.34 bits per heavy atom. The summed E-state index contributed by atoms with van der Waals surface area (Å²) in [7, 11) is 3.12. The predicted octanol–water partition coefficient (Wildman–Crippen LogP) is 5.48. The first-order valence-electron chi connectivity index (χ1n) is 12.8. The highest BCUT2D eigenvalue weighted by Crippen LogP contribution is 2.54. The molecule has 2 atom stereocenters. The van der Waals surface area contributed by atoms with Crippen LogP contribution >= 0.6 is 0 Å². The minimum atomic E-state index is -1.69. The smallest absolute Gasteiger partial charge is 0.326 e. The molecular formula is C31H34O7. The lowest BCUT2D eigenvalue weighted by molar-refractivity contribution is -0.177. The second-order valence-electron chi connectivity index (χ2n) is 9.08. The van der Waals surface area contributed by atoms with Gasteiger partial charge < -0.3 is 23.7 Å². The molecule has 0 spiro atoms. The number of benzene rings is 3. The number of ether oxygens (including phenoxy) is 5. The number of rotatable bonds is 10. The van der Waals surface area contributed by atoms with E-state index >= 15 is 0 Å². The van der Waals surface area contributed by atoms with Crippen LogP contribution in [0.1, 0.15) is 49.0 Å². The summed E-state index contributed by atoms with van der Waals surface area (Å²) >= 11 is 0. The molecule has 0 saturated carbocycles. The summed E-state index contributed by atoms with van der Waals surface area (Å²) in [5.41, 5.74) is 0.882. The Bertz CT molecular complexity index is 1170. The maximum Gasteiger partial charge on any atom is 0.326 e. The average Bonchev–Trinajstić information content (AvgIpc) is 3.35. The van der Waals surface area contributed by atoms with Gasteiger partial charge in [-0.25, -0.2) is 0 Å². The van der Waals surface area contributed by atoms with Gasteiger partial charge in [0.2, 0.25) is 0 Å². The molecule has 3 aromatic rings. The summed E-state index contributed by atoms with van der Waals surface area (Å²) in [6.07, 6.45) is -1.45. The van der Waals surface area contributed by atoms with Gasteiger partial charge in [0.05, 0.1) is 39.6 Å². The van der Waals surface area contributed by atoms with E-state index in [4.69, 9.17) is 23.7 Å². The monoisotopic (exact) mass is 518 g/mol. The van der Waals surface area contributed by atoms with Gasteiger partial charge in [0, 0.05) is 12.3 Å². The molecule has 1 aliphatic heterocycles. The third kappa shape index (κ3) is 5.11. The summed E-state index contributed by atoms with van der Waals surface area (Å²) in [6, 6.07) is 25.0. The van der Waals surface area contributed by atoms with Crippen LogP contribution in [0.3, 0.4) is 0 Å². The van der Waals surface area contributed by atoms with Gasteiger partial charge in [0.1, 0.15) is 0 Å². The molecule has 38 heavy (non-hydrogen) atoms. The third-order valence-corrected chi connectivity index (χ3v) is 6.98. The molecule has 4 rings (SSSR count). The molecule has 7 heteroatoms. The van der Waals surface area contributed by atoms with Crippen molar-refractivity contribution < 1.29 is 33.3 Å². The topological polar surface area (TPSA) is 80.3 Å². The van der Waals surface area contributed by atoms with Crippen molar-refractivity contribution in [1.29, 1.82) is 0 Å². The molecule has 1 fully saturated rings. The second-order valence-corrected chi connectivity index (χ2v) is 9.08. The van der Waals surface area contributed by atoms with Crippen LogP contribution in [0.2, 0.25) is 0 Å². The molecule has 1 heterocycles. The van der Waals surface area contributed by atoms with Crippen LogP contribution in [0.4, 0.5) is 0 Å². The number of hydrogen-bond donors (Lipinski definition) is 0. The predicted molar refractivity (Wildman–Crippen MR) is 142 cm³/mol. The minimum absolute atomic E-state index is 0.0565. The highest BCUT2D eigenvalue weighted by molar-refractivity contribution is 6.01. The van der Waals surface area contributed by atoms with Crippen LogP contribution in [-0.4, -0.2) is 45.5 Å². The molecule has 0 aromatic heterocycles. The Hall–Kier alpha value is -3.84. The van der Waals surface area contributed by atoms with Crippen molar-refractivity contribution in [3.8, 4) is 11.5 Å². The molecule has 200 valence electrons. The van der Waals surface area contributed by atoms with E-state index < -0.39 is 35.5 Å². The van der Waals surface area contributed by atoms with Gasteiger partial charge in [-0.05, 0) is 42.7 Å². The van der Waals surface area contributed by atoms with Crippen molar-refractivity contribution in [3.63, 3.8) is 0 Å². The Morgan fingerprint density at radius 3 is 1.82 bits per heavy atom. The lowest BCUT2D eigenvalue weighted by Gasteiger charge is -2.35. The maximum absolute atomic E-state index is 13.8. The average molecular weight is 519 g/mol. The van der Waals surface area contributed by atoms with Gasteiger partial charge in [0.25, 0.3) is 0 Å². The quantitative estimate of drug-likeness (QED) is 0.260. The van der Waals surface area contributed by atoms with E-state index in [1.165, 1.54) is 0 Å². The van der Waals surface area contributed by atoms with Crippen molar-refractivity contribution in [3.05, 3.63) is 95.6 Å². The van der Waals surface area contributed by atoms with Crippen LogP contribution in [-0.2, 0) is 23.8 Å². The van der Waals surface area contributed by atoms with E-state index in [-0.39, 0.29) is 19.6 Å². The second kappa shape index (κ2) is 12.1. The molecule has 0 aliphatic carbocycles. The van der Waals surface area contributed by atoms with Gasteiger partial charge in [0.15, 0.2) is 16.9 Å². The number of methoxy groups -OCH3 is 2. The van der Waals surface area contributed by atoms with Gasteiger partial charge in [-0.1, -0.05) is 66.7 Å². The van der Waals surface area contributed by atoms with Crippen molar-refractivity contribution in [1.82, 2.24) is 0 Å². The normalized spacial score (nSPS) is 18.1. The maximum atomic E-state index is 13.8. The van der Waals surface area contributed by atoms with E-state index in [0.29, 0.717) is 11.5 Å².